The fraction of sp³-hybridized carbons (Fsp3) is 0.211. The molecule has 1 aliphatic rings. The summed E-state index contributed by atoms with van der Waals surface area (Å²) in [7, 11) is 0. The predicted molar refractivity (Wildman–Crippen MR) is 93.0 cm³/mol. The van der Waals surface area contributed by atoms with Crippen LogP contribution >= 0.6 is 0 Å². The van der Waals surface area contributed by atoms with Crippen molar-refractivity contribution in [3.05, 3.63) is 70.8 Å². The van der Waals surface area contributed by atoms with Crippen LogP contribution in [0.25, 0.3) is 10.9 Å². The third-order valence-electron chi connectivity index (χ3n) is 4.87. The van der Waals surface area contributed by atoms with Gasteiger partial charge in [-0.25, -0.2) is 4.98 Å². The van der Waals surface area contributed by atoms with Gasteiger partial charge in [0.25, 0.3) is 5.56 Å². The summed E-state index contributed by atoms with van der Waals surface area (Å²) >= 11 is 0. The van der Waals surface area contributed by atoms with E-state index in [1.54, 1.807) is 18.2 Å². The first kappa shape index (κ1) is 14.6. The number of nitrogens with one attached hydrogen (secondary N) is 2. The average Bonchev–Trinajstić information content (AvgIpc) is 2.56. The number of carbonyl (C=O) groups is 1. The van der Waals surface area contributed by atoms with Crippen molar-refractivity contribution in [3.8, 4) is 0 Å². The van der Waals surface area contributed by atoms with E-state index in [0.29, 0.717) is 16.6 Å². The minimum Gasteiger partial charge on any atom is -0.325 e. The molecule has 3 aromatic rings. The van der Waals surface area contributed by atoms with Crippen LogP contribution in [0.1, 0.15) is 24.8 Å². The maximum Gasteiger partial charge on any atom is 0.258 e. The quantitative estimate of drug-likeness (QED) is 0.779. The maximum absolute atomic E-state index is 12.9. The maximum atomic E-state index is 12.9. The number of benzene rings is 2. The summed E-state index contributed by atoms with van der Waals surface area (Å²) < 4.78 is 0. The molecule has 1 amide bonds. The zero-order valence-corrected chi connectivity index (χ0v) is 13.1. The van der Waals surface area contributed by atoms with Gasteiger partial charge in [-0.2, -0.15) is 0 Å². The van der Waals surface area contributed by atoms with E-state index >= 15 is 0 Å². The molecule has 5 heteroatoms. The Kier molecular flexibility index (Phi) is 3.41. The van der Waals surface area contributed by atoms with Gasteiger partial charge in [-0.15, -0.1) is 0 Å². The molecule has 0 spiro atoms. The molecule has 0 atom stereocenters. The Hall–Kier alpha value is -2.95. The van der Waals surface area contributed by atoms with Gasteiger partial charge in [0.15, 0.2) is 0 Å². The Morgan fingerprint density at radius 3 is 2.62 bits per heavy atom. The molecule has 0 bridgehead atoms. The van der Waals surface area contributed by atoms with Crippen LogP contribution in [-0.4, -0.2) is 15.9 Å². The number of carbonyl (C=O) groups excluding carboxylic acids is 1. The largest absolute Gasteiger partial charge is 0.325 e. The van der Waals surface area contributed by atoms with Gasteiger partial charge >= 0.3 is 0 Å². The topological polar surface area (TPSA) is 74.8 Å². The fourth-order valence-electron chi connectivity index (χ4n) is 3.33. The molecule has 2 N–H and O–H groups in total. The Labute approximate surface area is 138 Å². The number of hydrogen-bond donors (Lipinski definition) is 2. The Balaban J connectivity index is 1.66. The van der Waals surface area contributed by atoms with Crippen molar-refractivity contribution in [1.29, 1.82) is 0 Å². The second-order valence-electron chi connectivity index (χ2n) is 6.22. The molecule has 2 aromatic carbocycles. The minimum absolute atomic E-state index is 0.0142. The number of rotatable bonds is 3. The highest BCUT2D eigenvalue weighted by molar-refractivity contribution is 6.01. The molecule has 0 unspecified atom stereocenters. The molecule has 1 fully saturated rings. The number of fused-ring (bicyclic) bond motifs is 1. The molecule has 24 heavy (non-hydrogen) atoms. The van der Waals surface area contributed by atoms with Crippen molar-refractivity contribution >= 4 is 22.5 Å². The normalized spacial score (nSPS) is 15.7. The van der Waals surface area contributed by atoms with Gasteiger partial charge in [0, 0.05) is 5.69 Å². The SMILES string of the molecule is O=C(Nc1ccc2nc[nH]c(=O)c2c1)C1(c2ccccc2)CCC1. The second-order valence-corrected chi connectivity index (χ2v) is 6.22. The molecular formula is C19H17N3O2. The fourth-order valence-corrected chi connectivity index (χ4v) is 3.33. The van der Waals surface area contributed by atoms with Crippen molar-refractivity contribution in [1.82, 2.24) is 9.97 Å². The summed E-state index contributed by atoms with van der Waals surface area (Å²) in [5.41, 5.74) is 1.61. The smallest absolute Gasteiger partial charge is 0.258 e. The number of aromatic amines is 1. The summed E-state index contributed by atoms with van der Waals surface area (Å²) in [6.07, 6.45) is 4.11. The number of aromatic nitrogens is 2. The number of H-pyrrole nitrogens is 1. The number of hydrogen-bond acceptors (Lipinski definition) is 3. The standard InChI is InChI=1S/C19H17N3O2/c23-17-15-11-14(7-8-16(15)20-12-21-17)22-18(24)19(9-4-10-19)13-5-2-1-3-6-13/h1-3,5-8,11-12H,4,9-10H2,(H,22,24)(H,20,21,23). The van der Waals surface area contributed by atoms with Gasteiger partial charge in [-0.1, -0.05) is 36.8 Å². The number of nitrogens with zero attached hydrogens (tertiary/aromatic N) is 1. The van der Waals surface area contributed by atoms with Crippen LogP contribution in [0.15, 0.2) is 59.7 Å². The van der Waals surface area contributed by atoms with E-state index in [0.717, 1.165) is 24.8 Å². The molecule has 1 aromatic heterocycles. The highest BCUT2D eigenvalue weighted by Gasteiger charge is 2.45. The first-order valence-corrected chi connectivity index (χ1v) is 8.03. The van der Waals surface area contributed by atoms with Crippen molar-refractivity contribution < 1.29 is 4.79 Å². The van der Waals surface area contributed by atoms with Crippen LogP contribution in [0.2, 0.25) is 0 Å². The van der Waals surface area contributed by atoms with Gasteiger partial charge in [0.1, 0.15) is 0 Å². The Bertz CT molecular complexity index is 959. The second kappa shape index (κ2) is 5.60. The van der Waals surface area contributed by atoms with Crippen molar-refractivity contribution in [3.63, 3.8) is 0 Å². The molecule has 4 rings (SSSR count). The lowest BCUT2D eigenvalue weighted by molar-refractivity contribution is -0.124. The third-order valence-corrected chi connectivity index (χ3v) is 4.87. The van der Waals surface area contributed by atoms with E-state index in [1.165, 1.54) is 6.33 Å². The van der Waals surface area contributed by atoms with Gasteiger partial charge in [-0.3, -0.25) is 9.59 Å². The summed E-state index contributed by atoms with van der Waals surface area (Å²) in [5.74, 6) is -0.0142. The monoisotopic (exact) mass is 319 g/mol. The van der Waals surface area contributed by atoms with E-state index < -0.39 is 5.41 Å². The molecule has 0 radical (unpaired) electrons. The lowest BCUT2D eigenvalue weighted by Crippen LogP contribution is -2.45. The van der Waals surface area contributed by atoms with E-state index in [9.17, 15) is 9.59 Å². The summed E-state index contributed by atoms with van der Waals surface area (Å²) in [4.78, 5) is 31.5. The van der Waals surface area contributed by atoms with Crippen LogP contribution in [0, 0.1) is 0 Å². The molecule has 5 nitrogen and oxygen atoms in total. The van der Waals surface area contributed by atoms with Gasteiger partial charge in [0.2, 0.25) is 5.91 Å². The minimum atomic E-state index is -0.461. The van der Waals surface area contributed by atoms with E-state index in [1.807, 2.05) is 30.3 Å². The van der Waals surface area contributed by atoms with E-state index in [-0.39, 0.29) is 11.5 Å². The van der Waals surface area contributed by atoms with Gasteiger partial charge in [0.05, 0.1) is 22.6 Å². The molecule has 1 saturated carbocycles. The van der Waals surface area contributed by atoms with Crippen LogP contribution < -0.4 is 10.9 Å². The summed E-state index contributed by atoms with van der Waals surface area (Å²) in [6.45, 7) is 0. The van der Waals surface area contributed by atoms with E-state index in [4.69, 9.17) is 0 Å². The summed E-state index contributed by atoms with van der Waals surface area (Å²) in [6, 6.07) is 15.1. The number of amides is 1. The molecular weight excluding hydrogens is 302 g/mol. The van der Waals surface area contributed by atoms with E-state index in [2.05, 4.69) is 15.3 Å². The van der Waals surface area contributed by atoms with Crippen LogP contribution in [-0.2, 0) is 10.2 Å². The van der Waals surface area contributed by atoms with Gasteiger partial charge in [-0.05, 0) is 36.6 Å². The highest BCUT2D eigenvalue weighted by atomic mass is 16.2. The highest BCUT2D eigenvalue weighted by Crippen LogP contribution is 2.44. The molecule has 0 aliphatic heterocycles. The number of anilines is 1. The first-order chi connectivity index (χ1) is 11.7. The lowest BCUT2D eigenvalue weighted by atomic mass is 9.64. The average molecular weight is 319 g/mol. The molecule has 120 valence electrons. The zero-order valence-electron chi connectivity index (χ0n) is 13.1. The van der Waals surface area contributed by atoms with Gasteiger partial charge < -0.3 is 10.3 Å². The zero-order chi connectivity index (χ0) is 16.6. The third kappa shape index (κ3) is 2.29. The first-order valence-electron chi connectivity index (χ1n) is 8.03. The predicted octanol–water partition coefficient (Wildman–Crippen LogP) is 2.98. The van der Waals surface area contributed by atoms with Crippen LogP contribution in [0.5, 0.6) is 0 Å². The molecule has 1 aliphatic carbocycles. The Morgan fingerprint density at radius 1 is 1.12 bits per heavy atom. The van der Waals surface area contributed by atoms with Crippen LogP contribution in [0.3, 0.4) is 0 Å². The van der Waals surface area contributed by atoms with Crippen molar-refractivity contribution in [2.45, 2.75) is 24.7 Å². The molecule has 1 heterocycles. The lowest BCUT2D eigenvalue weighted by Gasteiger charge is -2.40. The Morgan fingerprint density at radius 2 is 1.92 bits per heavy atom. The van der Waals surface area contributed by atoms with Crippen LogP contribution in [0.4, 0.5) is 5.69 Å². The van der Waals surface area contributed by atoms with Crippen molar-refractivity contribution in [2.75, 3.05) is 5.32 Å². The summed E-state index contributed by atoms with van der Waals surface area (Å²) in [5, 5.41) is 3.45. The van der Waals surface area contributed by atoms with Crippen molar-refractivity contribution in [2.24, 2.45) is 0 Å². The molecule has 0 saturated heterocycles.